The molecule has 1 rings (SSSR count). The second-order valence-corrected chi connectivity index (χ2v) is 4.91. The minimum Gasteiger partial charge on any atom is -0.329 e. The van der Waals surface area contributed by atoms with E-state index in [1.54, 1.807) is 0 Å². The van der Waals surface area contributed by atoms with Crippen LogP contribution in [0, 0.1) is 0 Å². The molecule has 0 fully saturated rings. The summed E-state index contributed by atoms with van der Waals surface area (Å²) < 4.78 is 1.95. The maximum atomic E-state index is 6.02. The van der Waals surface area contributed by atoms with E-state index in [0.29, 0.717) is 0 Å². The molecule has 0 atom stereocenters. The number of rotatable bonds is 8. The Balaban J connectivity index is 2.69. The fourth-order valence-electron chi connectivity index (χ4n) is 2.74. The van der Waals surface area contributed by atoms with E-state index < -0.39 is 0 Å². The molecule has 104 valence electrons. The predicted molar refractivity (Wildman–Crippen MR) is 76.5 cm³/mol. The Kier molecular flexibility index (Phi) is 5.82. The smallest absolute Gasteiger partial charge is 0.0492 e. The van der Waals surface area contributed by atoms with Crippen molar-refractivity contribution in [2.75, 3.05) is 19.6 Å². The Hall–Kier alpha value is -0.870. The van der Waals surface area contributed by atoms with Crippen LogP contribution < -0.4 is 5.73 Å². The average Bonchev–Trinajstić information content (AvgIpc) is 2.81. The Labute approximate surface area is 111 Å². The lowest BCUT2D eigenvalue weighted by atomic mass is 9.90. The molecule has 0 saturated carbocycles. The van der Waals surface area contributed by atoms with E-state index in [-0.39, 0.29) is 5.54 Å². The largest absolute Gasteiger partial charge is 0.329 e. The first-order valence-electron chi connectivity index (χ1n) is 7.05. The molecule has 4 heteroatoms. The highest BCUT2D eigenvalue weighted by Crippen LogP contribution is 2.23. The fraction of sp³-hybridized carbons (Fsp3) is 0.786. The first kappa shape index (κ1) is 15.2. The number of nitrogens with two attached hydrogens (primary N) is 1. The third kappa shape index (κ3) is 3.12. The lowest BCUT2D eigenvalue weighted by Crippen LogP contribution is -2.53. The summed E-state index contributed by atoms with van der Waals surface area (Å²) in [7, 11) is 2.00. The van der Waals surface area contributed by atoms with Gasteiger partial charge in [0.1, 0.15) is 0 Å². The molecule has 1 aromatic rings. The Bertz CT molecular complexity index is 333. The van der Waals surface area contributed by atoms with Gasteiger partial charge in [-0.15, -0.1) is 0 Å². The second-order valence-electron chi connectivity index (χ2n) is 4.91. The molecule has 0 amide bonds. The van der Waals surface area contributed by atoms with E-state index in [9.17, 15) is 0 Å². The quantitative estimate of drug-likeness (QED) is 0.767. The van der Waals surface area contributed by atoms with E-state index in [2.05, 4.69) is 36.8 Å². The lowest BCUT2D eigenvalue weighted by Gasteiger charge is -2.42. The van der Waals surface area contributed by atoms with E-state index in [4.69, 9.17) is 5.73 Å². The topological polar surface area (TPSA) is 47.1 Å². The van der Waals surface area contributed by atoms with Gasteiger partial charge in [-0.05, 0) is 25.5 Å². The van der Waals surface area contributed by atoms with Crippen LogP contribution in [0.1, 0.15) is 39.3 Å². The van der Waals surface area contributed by atoms with Crippen LogP contribution in [0.25, 0.3) is 0 Å². The van der Waals surface area contributed by atoms with Crippen LogP contribution in [-0.4, -0.2) is 39.9 Å². The van der Waals surface area contributed by atoms with Crippen LogP contribution in [0.3, 0.4) is 0 Å². The average molecular weight is 252 g/mol. The zero-order valence-electron chi connectivity index (χ0n) is 12.3. The van der Waals surface area contributed by atoms with Gasteiger partial charge in [-0.25, -0.2) is 0 Å². The summed E-state index contributed by atoms with van der Waals surface area (Å²) in [5.41, 5.74) is 7.47. The van der Waals surface area contributed by atoms with Gasteiger partial charge in [0.2, 0.25) is 0 Å². The van der Waals surface area contributed by atoms with Crippen LogP contribution in [0.4, 0.5) is 0 Å². The van der Waals surface area contributed by atoms with Gasteiger partial charge in [-0.3, -0.25) is 9.58 Å². The fourth-order valence-corrected chi connectivity index (χ4v) is 2.74. The normalized spacial score (nSPS) is 12.3. The third-order valence-electron chi connectivity index (χ3n) is 4.31. The monoisotopic (exact) mass is 252 g/mol. The van der Waals surface area contributed by atoms with Crippen LogP contribution in [0.2, 0.25) is 0 Å². The van der Waals surface area contributed by atoms with Crippen LogP contribution >= 0.6 is 0 Å². The summed E-state index contributed by atoms with van der Waals surface area (Å²) in [5.74, 6) is 0. The molecule has 0 aromatic carbocycles. The Morgan fingerprint density at radius 2 is 2.00 bits per heavy atom. The van der Waals surface area contributed by atoms with Crippen molar-refractivity contribution in [1.82, 2.24) is 14.7 Å². The van der Waals surface area contributed by atoms with Gasteiger partial charge in [0.25, 0.3) is 0 Å². The number of hydrogen-bond acceptors (Lipinski definition) is 3. The van der Waals surface area contributed by atoms with Gasteiger partial charge in [0, 0.05) is 44.0 Å². The molecule has 0 aliphatic rings. The van der Waals surface area contributed by atoms with E-state index in [1.165, 1.54) is 5.69 Å². The van der Waals surface area contributed by atoms with Gasteiger partial charge >= 0.3 is 0 Å². The molecule has 2 N–H and O–H groups in total. The van der Waals surface area contributed by atoms with Crippen molar-refractivity contribution in [3.63, 3.8) is 0 Å². The van der Waals surface area contributed by atoms with Crippen molar-refractivity contribution in [1.29, 1.82) is 0 Å². The van der Waals surface area contributed by atoms with Crippen molar-refractivity contribution < 1.29 is 0 Å². The maximum absolute atomic E-state index is 6.02. The van der Waals surface area contributed by atoms with Crippen molar-refractivity contribution >= 4 is 0 Å². The van der Waals surface area contributed by atoms with Crippen molar-refractivity contribution in [3.05, 3.63) is 18.0 Å². The van der Waals surface area contributed by atoms with Crippen LogP contribution in [0.5, 0.6) is 0 Å². The second kappa shape index (κ2) is 6.90. The highest BCUT2D eigenvalue weighted by atomic mass is 15.3. The SMILES string of the molecule is CCN(CCc1ccnn1C)C(CC)(CC)CN. The molecule has 1 heterocycles. The number of hydrogen-bond donors (Lipinski definition) is 1. The van der Waals surface area contributed by atoms with Crippen molar-refractivity contribution in [2.24, 2.45) is 12.8 Å². The molecule has 0 spiro atoms. The van der Waals surface area contributed by atoms with Gasteiger partial charge in [0.15, 0.2) is 0 Å². The summed E-state index contributed by atoms with van der Waals surface area (Å²) in [5, 5.41) is 4.22. The Morgan fingerprint density at radius 1 is 1.33 bits per heavy atom. The Morgan fingerprint density at radius 3 is 2.39 bits per heavy atom. The molecule has 4 nitrogen and oxygen atoms in total. The lowest BCUT2D eigenvalue weighted by molar-refractivity contribution is 0.0915. The molecule has 0 saturated heterocycles. The molecule has 0 aliphatic carbocycles. The van der Waals surface area contributed by atoms with Gasteiger partial charge in [0.05, 0.1) is 0 Å². The number of aromatic nitrogens is 2. The summed E-state index contributed by atoms with van der Waals surface area (Å²) in [6.45, 7) is 9.54. The zero-order chi connectivity index (χ0) is 13.6. The maximum Gasteiger partial charge on any atom is 0.0492 e. The highest BCUT2D eigenvalue weighted by molar-refractivity contribution is 5.01. The van der Waals surface area contributed by atoms with E-state index in [0.717, 1.165) is 38.9 Å². The number of likely N-dealkylation sites (N-methyl/N-ethyl adjacent to an activating group) is 1. The molecule has 0 radical (unpaired) electrons. The molecular weight excluding hydrogens is 224 g/mol. The zero-order valence-corrected chi connectivity index (χ0v) is 12.3. The van der Waals surface area contributed by atoms with Gasteiger partial charge < -0.3 is 5.73 Å². The summed E-state index contributed by atoms with van der Waals surface area (Å²) in [6, 6.07) is 2.09. The van der Waals surface area contributed by atoms with E-state index in [1.807, 2.05) is 17.9 Å². The van der Waals surface area contributed by atoms with Gasteiger partial charge in [-0.1, -0.05) is 20.8 Å². The number of aryl methyl sites for hydroxylation is 1. The molecule has 0 bridgehead atoms. The highest BCUT2D eigenvalue weighted by Gasteiger charge is 2.30. The summed E-state index contributed by atoms with van der Waals surface area (Å²) >= 11 is 0. The van der Waals surface area contributed by atoms with Gasteiger partial charge in [-0.2, -0.15) is 5.10 Å². The first-order chi connectivity index (χ1) is 8.63. The van der Waals surface area contributed by atoms with E-state index >= 15 is 0 Å². The standard InChI is InChI=1S/C14H28N4/c1-5-14(6-2,12-15)18(7-3)11-9-13-8-10-16-17(13)4/h8,10H,5-7,9,11-12,15H2,1-4H3. The third-order valence-corrected chi connectivity index (χ3v) is 4.31. The minimum absolute atomic E-state index is 0.160. The van der Waals surface area contributed by atoms with Crippen molar-refractivity contribution in [2.45, 2.75) is 45.6 Å². The summed E-state index contributed by atoms with van der Waals surface area (Å²) in [6.07, 6.45) is 5.12. The first-order valence-corrected chi connectivity index (χ1v) is 7.05. The van der Waals surface area contributed by atoms with Crippen LogP contribution in [0.15, 0.2) is 12.3 Å². The van der Waals surface area contributed by atoms with Crippen molar-refractivity contribution in [3.8, 4) is 0 Å². The molecule has 0 unspecified atom stereocenters. The van der Waals surface area contributed by atoms with Crippen LogP contribution in [-0.2, 0) is 13.5 Å². The predicted octanol–water partition coefficient (Wildman–Crippen LogP) is 1.80. The minimum atomic E-state index is 0.160. The molecule has 1 aromatic heterocycles. The molecular formula is C14H28N4. The number of nitrogens with zero attached hydrogens (tertiary/aromatic N) is 3. The summed E-state index contributed by atoms with van der Waals surface area (Å²) in [4.78, 5) is 2.53. The molecule has 18 heavy (non-hydrogen) atoms. The molecule has 0 aliphatic heterocycles.